The highest BCUT2D eigenvalue weighted by molar-refractivity contribution is 5.62. The lowest BCUT2D eigenvalue weighted by molar-refractivity contribution is 0.272. The van der Waals surface area contributed by atoms with E-state index in [1.807, 2.05) is 43.3 Å². The summed E-state index contributed by atoms with van der Waals surface area (Å²) in [6.07, 6.45) is 0.965. The number of hydrogen-bond donors (Lipinski definition) is 0. The molecule has 0 N–H and O–H groups in total. The summed E-state index contributed by atoms with van der Waals surface area (Å²) in [5, 5.41) is 4.05. The predicted octanol–water partition coefficient (Wildman–Crippen LogP) is 4.85. The lowest BCUT2D eigenvalue weighted by Gasteiger charge is -2.07. The average molecular weight is 355 g/mol. The molecular weight excluding hydrogens is 334 g/mol. The summed E-state index contributed by atoms with van der Waals surface area (Å²) in [6.45, 7) is 4.18. The minimum Gasteiger partial charge on any atom is -0.494 e. The van der Waals surface area contributed by atoms with Crippen LogP contribution in [0.25, 0.3) is 22.8 Å². The van der Waals surface area contributed by atoms with Crippen molar-refractivity contribution in [3.8, 4) is 34.3 Å². The normalized spacial score (nSPS) is 10.7. The molecule has 0 aliphatic heterocycles. The molecule has 5 nitrogen and oxygen atoms in total. The smallest absolute Gasteiger partial charge is 0.258 e. The molecule has 0 amide bonds. The molecule has 0 radical (unpaired) electrons. The second-order valence-electron chi connectivity index (χ2n) is 5.81. The van der Waals surface area contributed by atoms with Crippen LogP contribution in [0.1, 0.15) is 18.9 Å². The van der Waals surface area contributed by atoms with Gasteiger partial charge in [0.2, 0.25) is 5.82 Å². The van der Waals surface area contributed by atoms with Gasteiger partial charge in [-0.25, -0.2) is 4.39 Å². The van der Waals surface area contributed by atoms with Crippen LogP contribution in [0.5, 0.6) is 11.5 Å². The van der Waals surface area contributed by atoms with Crippen molar-refractivity contribution in [1.82, 2.24) is 10.1 Å². The molecule has 26 heavy (non-hydrogen) atoms. The van der Waals surface area contributed by atoms with Crippen molar-refractivity contribution in [2.45, 2.75) is 20.3 Å². The summed E-state index contributed by atoms with van der Waals surface area (Å²) < 4.78 is 28.5. The Bertz CT molecular complexity index is 847. The van der Waals surface area contributed by atoms with E-state index in [1.165, 1.54) is 0 Å². The predicted molar refractivity (Wildman–Crippen MR) is 97.2 cm³/mol. The third-order valence-corrected chi connectivity index (χ3v) is 3.77. The molecule has 3 rings (SSSR count). The van der Waals surface area contributed by atoms with Crippen LogP contribution in [-0.4, -0.2) is 30.0 Å². The molecular formula is C20H21FN2O3. The Morgan fingerprint density at radius 1 is 1.00 bits per heavy atom. The van der Waals surface area contributed by atoms with E-state index in [2.05, 4.69) is 17.1 Å². The zero-order valence-electron chi connectivity index (χ0n) is 14.9. The minimum atomic E-state index is -0.517. The van der Waals surface area contributed by atoms with Gasteiger partial charge in [-0.2, -0.15) is 4.98 Å². The third-order valence-electron chi connectivity index (χ3n) is 3.77. The number of aromatic nitrogens is 2. The lowest BCUT2D eigenvalue weighted by Crippen LogP contribution is -2.00. The van der Waals surface area contributed by atoms with Crippen molar-refractivity contribution in [3.05, 3.63) is 48.0 Å². The lowest BCUT2D eigenvalue weighted by atomic mass is 10.1. The van der Waals surface area contributed by atoms with Crippen molar-refractivity contribution >= 4 is 0 Å². The SMILES string of the molecule is CCCOc1ccc(-c2noc(-c3ccc(OCC[18F])c(C)c3)n2)cc1. The molecule has 1 aromatic heterocycles. The topological polar surface area (TPSA) is 57.4 Å². The van der Waals surface area contributed by atoms with Gasteiger partial charge in [-0.3, -0.25) is 0 Å². The molecule has 0 spiro atoms. The molecule has 0 aliphatic carbocycles. The van der Waals surface area contributed by atoms with Crippen LogP contribution in [0.4, 0.5) is 4.39 Å². The molecule has 0 fully saturated rings. The van der Waals surface area contributed by atoms with E-state index in [1.54, 1.807) is 6.07 Å². The Kier molecular flexibility index (Phi) is 5.84. The highest BCUT2D eigenvalue weighted by Gasteiger charge is 2.12. The molecule has 0 atom stereocenters. The summed E-state index contributed by atoms with van der Waals surface area (Å²) in [4.78, 5) is 4.46. The first kappa shape index (κ1) is 17.9. The van der Waals surface area contributed by atoms with Crippen molar-refractivity contribution < 1.29 is 18.4 Å². The first-order valence-electron chi connectivity index (χ1n) is 8.58. The molecule has 0 unspecified atom stereocenters. The largest absolute Gasteiger partial charge is 0.494 e. The zero-order valence-corrected chi connectivity index (χ0v) is 14.9. The fourth-order valence-electron chi connectivity index (χ4n) is 2.47. The van der Waals surface area contributed by atoms with Gasteiger partial charge in [0.25, 0.3) is 5.89 Å². The highest BCUT2D eigenvalue weighted by atomic mass is 18.2. The number of benzene rings is 2. The summed E-state index contributed by atoms with van der Waals surface area (Å²) in [6, 6.07) is 13.1. The van der Waals surface area contributed by atoms with E-state index < -0.39 is 6.67 Å². The van der Waals surface area contributed by atoms with Crippen LogP contribution in [-0.2, 0) is 0 Å². The molecule has 3 aromatic rings. The number of hydrogen-bond acceptors (Lipinski definition) is 5. The Labute approximate surface area is 151 Å². The maximum absolute atomic E-state index is 12.2. The molecule has 1 heterocycles. The Balaban J connectivity index is 1.76. The second kappa shape index (κ2) is 8.47. The van der Waals surface area contributed by atoms with Crippen molar-refractivity contribution in [1.29, 1.82) is 0 Å². The first-order chi connectivity index (χ1) is 12.7. The standard InChI is InChI=1S/C20H21FN2O3/c1-3-11-24-17-7-4-15(5-8-17)19-22-20(26-23-19)16-6-9-18(14(2)13-16)25-12-10-21/h4-9,13H,3,10-12H2,1-2H3/i21-1. The second-order valence-corrected chi connectivity index (χ2v) is 5.81. The Morgan fingerprint density at radius 2 is 1.77 bits per heavy atom. The van der Waals surface area contributed by atoms with E-state index >= 15 is 0 Å². The summed E-state index contributed by atoms with van der Waals surface area (Å²) in [5.74, 6) is 2.40. The fraction of sp³-hybridized carbons (Fsp3) is 0.300. The summed E-state index contributed by atoms with van der Waals surface area (Å²) in [5.41, 5.74) is 2.52. The van der Waals surface area contributed by atoms with Crippen LogP contribution in [0.2, 0.25) is 0 Å². The van der Waals surface area contributed by atoms with Gasteiger partial charge in [-0.1, -0.05) is 12.1 Å². The van der Waals surface area contributed by atoms with Crippen molar-refractivity contribution in [2.75, 3.05) is 19.9 Å². The number of rotatable bonds is 8. The first-order valence-corrected chi connectivity index (χ1v) is 8.58. The molecule has 2 aromatic carbocycles. The molecule has 0 aliphatic rings. The fourth-order valence-corrected chi connectivity index (χ4v) is 2.47. The van der Waals surface area contributed by atoms with E-state index in [0.29, 0.717) is 24.1 Å². The van der Waals surface area contributed by atoms with Gasteiger partial charge in [0.1, 0.15) is 24.8 Å². The summed E-state index contributed by atoms with van der Waals surface area (Å²) >= 11 is 0. The number of aryl methyl sites for hydroxylation is 1. The number of ether oxygens (including phenoxy) is 2. The zero-order chi connectivity index (χ0) is 18.4. The summed E-state index contributed by atoms with van der Waals surface area (Å²) in [7, 11) is 0. The van der Waals surface area contributed by atoms with Gasteiger partial charge in [0.15, 0.2) is 0 Å². The van der Waals surface area contributed by atoms with Gasteiger partial charge in [-0.05, 0) is 61.4 Å². The van der Waals surface area contributed by atoms with Gasteiger partial charge in [0, 0.05) is 11.1 Å². The molecule has 0 saturated heterocycles. The minimum absolute atomic E-state index is 0.0445. The maximum atomic E-state index is 12.2. The quantitative estimate of drug-likeness (QED) is 0.578. The van der Waals surface area contributed by atoms with Crippen LogP contribution in [0, 0.1) is 6.92 Å². The maximum Gasteiger partial charge on any atom is 0.258 e. The highest BCUT2D eigenvalue weighted by Crippen LogP contribution is 2.27. The Morgan fingerprint density at radius 3 is 2.46 bits per heavy atom. The van der Waals surface area contributed by atoms with Gasteiger partial charge in [0.05, 0.1) is 6.61 Å². The van der Waals surface area contributed by atoms with Gasteiger partial charge in [-0.15, -0.1) is 0 Å². The van der Waals surface area contributed by atoms with E-state index in [-0.39, 0.29) is 6.61 Å². The third kappa shape index (κ3) is 4.20. The van der Waals surface area contributed by atoms with Crippen LogP contribution < -0.4 is 9.47 Å². The van der Waals surface area contributed by atoms with E-state index in [4.69, 9.17) is 14.0 Å². The van der Waals surface area contributed by atoms with Crippen LogP contribution in [0.15, 0.2) is 47.0 Å². The van der Waals surface area contributed by atoms with E-state index in [0.717, 1.165) is 28.9 Å². The van der Waals surface area contributed by atoms with Crippen molar-refractivity contribution in [2.24, 2.45) is 0 Å². The monoisotopic (exact) mass is 355 g/mol. The molecule has 136 valence electrons. The Hall–Kier alpha value is -2.89. The number of nitrogens with zero attached hydrogens (tertiary/aromatic N) is 2. The molecule has 6 heteroatoms. The number of alkyl halides is 1. The van der Waals surface area contributed by atoms with Crippen LogP contribution in [0.3, 0.4) is 0 Å². The average Bonchev–Trinajstić information content (AvgIpc) is 3.16. The van der Waals surface area contributed by atoms with Crippen LogP contribution >= 0.6 is 0 Å². The van der Waals surface area contributed by atoms with Gasteiger partial charge < -0.3 is 14.0 Å². The number of halogens is 1. The molecule has 0 saturated carbocycles. The van der Waals surface area contributed by atoms with E-state index in [9.17, 15) is 4.39 Å². The molecule has 0 bridgehead atoms. The van der Waals surface area contributed by atoms with Crippen molar-refractivity contribution in [3.63, 3.8) is 0 Å². The van der Waals surface area contributed by atoms with Gasteiger partial charge >= 0.3 is 0 Å².